The number of piperidine rings is 3. The van der Waals surface area contributed by atoms with E-state index in [1.165, 1.54) is 56.1 Å². The van der Waals surface area contributed by atoms with E-state index in [-0.39, 0.29) is 5.91 Å². The lowest BCUT2D eigenvalue weighted by Gasteiger charge is -2.54. The zero-order valence-corrected chi connectivity index (χ0v) is 19.0. The molecule has 4 heterocycles. The third-order valence-electron chi connectivity index (χ3n) is 8.44. The standard InChI is InChI=1S/C27H35N3O/c1-18(2)29-13-10-19-8-9-21(16-25(19)29)27(31)30-12-5-6-20-14-22-15-23(26(20)30)17-28-11-4-3-7-24(22)28/h8-10,13-14,16,18,22-24,26H,3-7,11-12,15,17H2,1-2H3/t22-,23+,24-,26-/m0/s1. The van der Waals surface area contributed by atoms with Crippen LogP contribution in [0.25, 0.3) is 10.9 Å². The van der Waals surface area contributed by atoms with E-state index in [0.717, 1.165) is 24.6 Å². The first-order valence-electron chi connectivity index (χ1n) is 12.5. The van der Waals surface area contributed by atoms with Crippen LogP contribution in [0, 0.1) is 11.8 Å². The molecule has 0 unspecified atom stereocenters. The maximum Gasteiger partial charge on any atom is 0.254 e. The van der Waals surface area contributed by atoms with Crippen LogP contribution in [-0.4, -0.2) is 52.0 Å². The van der Waals surface area contributed by atoms with E-state index in [1.807, 2.05) is 6.07 Å². The molecule has 2 bridgehead atoms. The van der Waals surface area contributed by atoms with Gasteiger partial charge in [-0.1, -0.05) is 24.1 Å². The fraction of sp³-hybridized carbons (Fsp3) is 0.593. The van der Waals surface area contributed by atoms with E-state index in [4.69, 9.17) is 0 Å². The van der Waals surface area contributed by atoms with Gasteiger partial charge in [0.1, 0.15) is 0 Å². The van der Waals surface area contributed by atoms with Crippen LogP contribution in [-0.2, 0) is 0 Å². The Morgan fingerprint density at radius 2 is 2.00 bits per heavy atom. The Bertz CT molecular complexity index is 1030. The number of hydrogen-bond donors (Lipinski definition) is 0. The minimum Gasteiger partial charge on any atom is -0.345 e. The first kappa shape index (κ1) is 19.6. The summed E-state index contributed by atoms with van der Waals surface area (Å²) in [4.78, 5) is 18.8. The molecule has 4 nitrogen and oxygen atoms in total. The molecule has 164 valence electrons. The second-order valence-electron chi connectivity index (χ2n) is 10.6. The number of fused-ring (bicyclic) bond motifs is 7. The predicted molar refractivity (Wildman–Crippen MR) is 125 cm³/mol. The largest absolute Gasteiger partial charge is 0.345 e. The summed E-state index contributed by atoms with van der Waals surface area (Å²) in [6.45, 7) is 7.73. The molecule has 1 aromatic heterocycles. The zero-order chi connectivity index (χ0) is 21.1. The second-order valence-corrected chi connectivity index (χ2v) is 10.6. The number of carbonyl (C=O) groups is 1. The molecule has 3 fully saturated rings. The van der Waals surface area contributed by atoms with Gasteiger partial charge in [-0.05, 0) is 87.9 Å². The molecule has 2 aromatic rings. The van der Waals surface area contributed by atoms with Crippen LogP contribution in [0.2, 0.25) is 0 Å². The van der Waals surface area contributed by atoms with Crippen molar-refractivity contribution in [2.75, 3.05) is 19.6 Å². The van der Waals surface area contributed by atoms with Crippen molar-refractivity contribution in [2.45, 2.75) is 70.5 Å². The second kappa shape index (κ2) is 7.51. The Morgan fingerprint density at radius 3 is 2.87 bits per heavy atom. The molecule has 0 spiro atoms. The van der Waals surface area contributed by atoms with E-state index in [9.17, 15) is 4.79 Å². The molecule has 3 saturated heterocycles. The van der Waals surface area contributed by atoms with Gasteiger partial charge in [0.05, 0.1) is 6.04 Å². The van der Waals surface area contributed by atoms with Crippen molar-refractivity contribution in [3.8, 4) is 0 Å². The fourth-order valence-corrected chi connectivity index (χ4v) is 7.10. The fourth-order valence-electron chi connectivity index (χ4n) is 7.10. The molecule has 6 rings (SSSR count). The molecule has 0 saturated carbocycles. The molecule has 1 amide bonds. The number of carbonyl (C=O) groups excluding carboxylic acids is 1. The topological polar surface area (TPSA) is 28.5 Å². The van der Waals surface area contributed by atoms with Crippen LogP contribution in [0.5, 0.6) is 0 Å². The highest BCUT2D eigenvalue weighted by Gasteiger charge is 2.47. The normalized spacial score (nSPS) is 30.8. The van der Waals surface area contributed by atoms with Crippen LogP contribution in [0.3, 0.4) is 0 Å². The van der Waals surface area contributed by atoms with Gasteiger partial charge in [0.25, 0.3) is 5.91 Å². The summed E-state index contributed by atoms with van der Waals surface area (Å²) >= 11 is 0. The molecule has 4 atom stereocenters. The predicted octanol–water partition coefficient (Wildman–Crippen LogP) is 5.26. The van der Waals surface area contributed by atoms with E-state index in [1.54, 1.807) is 5.57 Å². The Balaban J connectivity index is 1.33. The SMILES string of the molecule is CC(C)n1ccc2ccc(C(=O)N3CCCC4=C[C@H]5C[C@H](CN6CCCC[C@@H]56)[C@H]43)cc21. The van der Waals surface area contributed by atoms with E-state index >= 15 is 0 Å². The van der Waals surface area contributed by atoms with Gasteiger partial charge >= 0.3 is 0 Å². The summed E-state index contributed by atoms with van der Waals surface area (Å²) in [5, 5.41) is 1.22. The van der Waals surface area contributed by atoms with Crippen molar-refractivity contribution < 1.29 is 4.79 Å². The lowest BCUT2D eigenvalue weighted by atomic mass is 9.68. The number of aromatic nitrogens is 1. The molecule has 1 aromatic carbocycles. The monoisotopic (exact) mass is 417 g/mol. The number of rotatable bonds is 2. The lowest BCUT2D eigenvalue weighted by Crippen LogP contribution is -2.60. The third kappa shape index (κ3) is 3.17. The highest BCUT2D eigenvalue weighted by molar-refractivity contribution is 5.98. The maximum atomic E-state index is 13.8. The van der Waals surface area contributed by atoms with Gasteiger partial charge in [0.15, 0.2) is 0 Å². The maximum absolute atomic E-state index is 13.8. The summed E-state index contributed by atoms with van der Waals surface area (Å²) in [5.41, 5.74) is 3.59. The summed E-state index contributed by atoms with van der Waals surface area (Å²) in [6, 6.07) is 9.91. The number of hydrogen-bond acceptors (Lipinski definition) is 2. The zero-order valence-electron chi connectivity index (χ0n) is 19.0. The van der Waals surface area contributed by atoms with Crippen molar-refractivity contribution in [3.63, 3.8) is 0 Å². The summed E-state index contributed by atoms with van der Waals surface area (Å²) in [5.74, 6) is 1.55. The first-order valence-corrected chi connectivity index (χ1v) is 12.5. The minimum absolute atomic E-state index is 0.230. The van der Waals surface area contributed by atoms with Crippen LogP contribution in [0.1, 0.15) is 68.8 Å². The van der Waals surface area contributed by atoms with Crippen LogP contribution in [0.15, 0.2) is 42.1 Å². The van der Waals surface area contributed by atoms with Gasteiger partial charge in [-0.25, -0.2) is 0 Å². The minimum atomic E-state index is 0.230. The van der Waals surface area contributed by atoms with Crippen molar-refractivity contribution in [1.29, 1.82) is 0 Å². The number of likely N-dealkylation sites (tertiary alicyclic amines) is 1. The van der Waals surface area contributed by atoms with E-state index in [0.29, 0.717) is 23.9 Å². The molecule has 1 aliphatic carbocycles. The molecule has 0 N–H and O–H groups in total. The van der Waals surface area contributed by atoms with Crippen LogP contribution < -0.4 is 0 Å². The van der Waals surface area contributed by atoms with Crippen molar-refractivity contribution >= 4 is 16.8 Å². The summed E-state index contributed by atoms with van der Waals surface area (Å²) in [7, 11) is 0. The molecule has 3 aliphatic heterocycles. The van der Waals surface area contributed by atoms with E-state index in [2.05, 4.69) is 58.7 Å². The number of nitrogens with zero attached hydrogens (tertiary/aromatic N) is 3. The summed E-state index contributed by atoms with van der Waals surface area (Å²) in [6.07, 6.45) is 12.4. The van der Waals surface area contributed by atoms with Gasteiger partial charge < -0.3 is 9.47 Å². The van der Waals surface area contributed by atoms with Gasteiger partial charge in [-0.2, -0.15) is 0 Å². The van der Waals surface area contributed by atoms with Crippen LogP contribution in [0.4, 0.5) is 0 Å². The highest BCUT2D eigenvalue weighted by Crippen LogP contribution is 2.45. The van der Waals surface area contributed by atoms with E-state index < -0.39 is 0 Å². The number of amides is 1. The summed E-state index contributed by atoms with van der Waals surface area (Å²) < 4.78 is 2.27. The van der Waals surface area contributed by atoms with Gasteiger partial charge in [0, 0.05) is 42.5 Å². The van der Waals surface area contributed by atoms with Gasteiger partial charge in [-0.3, -0.25) is 9.69 Å². The molecular formula is C27H35N3O. The van der Waals surface area contributed by atoms with Crippen molar-refractivity contribution in [3.05, 3.63) is 47.7 Å². The molecule has 0 radical (unpaired) electrons. The smallest absolute Gasteiger partial charge is 0.254 e. The Kier molecular flexibility index (Phi) is 4.75. The molecule has 4 heteroatoms. The Hall–Kier alpha value is -2.07. The molecular weight excluding hydrogens is 382 g/mol. The first-order chi connectivity index (χ1) is 15.1. The van der Waals surface area contributed by atoms with Crippen molar-refractivity contribution in [1.82, 2.24) is 14.4 Å². The molecule has 4 aliphatic rings. The molecule has 31 heavy (non-hydrogen) atoms. The highest BCUT2D eigenvalue weighted by atomic mass is 16.2. The van der Waals surface area contributed by atoms with Gasteiger partial charge in [0.2, 0.25) is 0 Å². The third-order valence-corrected chi connectivity index (χ3v) is 8.44. The quantitative estimate of drug-likeness (QED) is 0.624. The lowest BCUT2D eigenvalue weighted by molar-refractivity contribution is 0.00148. The average molecular weight is 418 g/mol. The Morgan fingerprint density at radius 1 is 1.10 bits per heavy atom. The van der Waals surface area contributed by atoms with Gasteiger partial charge in [-0.15, -0.1) is 0 Å². The van der Waals surface area contributed by atoms with Crippen molar-refractivity contribution in [2.24, 2.45) is 11.8 Å². The van der Waals surface area contributed by atoms with Crippen LogP contribution >= 0.6 is 0 Å². The number of benzene rings is 1. The average Bonchev–Trinajstić information content (AvgIpc) is 3.22. The Labute approximate surface area is 185 Å².